The van der Waals surface area contributed by atoms with Crippen LogP contribution in [0.1, 0.15) is 47.1 Å². The largest absolute Gasteiger partial charge is 0.399 e. The maximum atomic E-state index is 11.8. The van der Waals surface area contributed by atoms with E-state index in [4.69, 9.17) is 4.84 Å². The molecule has 0 spiro atoms. The molecular weight excluding hydrogens is 314 g/mol. The van der Waals surface area contributed by atoms with Gasteiger partial charge in [-0.1, -0.05) is 37.2 Å². The maximum Gasteiger partial charge on any atom is 0.152 e. The number of oxime groups is 1. The van der Waals surface area contributed by atoms with Crippen LogP contribution in [-0.4, -0.2) is 29.2 Å². The van der Waals surface area contributed by atoms with E-state index in [1.807, 2.05) is 36.4 Å². The highest BCUT2D eigenvalue weighted by atomic mass is 16.6. The third-order valence-corrected chi connectivity index (χ3v) is 4.19. The standard InChI is InChI=1S/C20H21N3O2/c1-14(2)20-18(13-24)17-8-7-15(11-22-25-3)10-19(17)23(20)12-16-6-4-5-9-21-16/h4-11,13-14H,12H2,1-3H3/b22-11+. The van der Waals surface area contributed by atoms with Gasteiger partial charge in [-0.3, -0.25) is 9.78 Å². The number of pyridine rings is 1. The minimum Gasteiger partial charge on any atom is -0.399 e. The number of benzene rings is 1. The van der Waals surface area contributed by atoms with Crippen LogP contribution in [0.5, 0.6) is 0 Å². The lowest BCUT2D eigenvalue weighted by atomic mass is 10.0. The van der Waals surface area contributed by atoms with Crippen molar-refractivity contribution in [2.24, 2.45) is 5.16 Å². The van der Waals surface area contributed by atoms with Crippen LogP contribution in [0.3, 0.4) is 0 Å². The quantitative estimate of drug-likeness (QED) is 0.389. The van der Waals surface area contributed by atoms with Crippen molar-refractivity contribution in [2.45, 2.75) is 26.3 Å². The zero-order valence-corrected chi connectivity index (χ0v) is 14.6. The molecule has 5 nitrogen and oxygen atoms in total. The van der Waals surface area contributed by atoms with Crippen molar-refractivity contribution < 1.29 is 9.63 Å². The van der Waals surface area contributed by atoms with E-state index >= 15 is 0 Å². The average molecular weight is 335 g/mol. The number of hydrogen-bond donors (Lipinski definition) is 0. The van der Waals surface area contributed by atoms with Gasteiger partial charge in [0.15, 0.2) is 6.29 Å². The summed E-state index contributed by atoms with van der Waals surface area (Å²) >= 11 is 0. The van der Waals surface area contributed by atoms with Gasteiger partial charge in [0.05, 0.1) is 18.5 Å². The number of nitrogens with zero attached hydrogens (tertiary/aromatic N) is 3. The zero-order chi connectivity index (χ0) is 17.8. The molecule has 5 heteroatoms. The molecule has 0 aliphatic heterocycles. The van der Waals surface area contributed by atoms with Crippen molar-refractivity contribution in [1.82, 2.24) is 9.55 Å². The van der Waals surface area contributed by atoms with E-state index < -0.39 is 0 Å². The van der Waals surface area contributed by atoms with Crippen molar-refractivity contribution >= 4 is 23.4 Å². The molecule has 0 saturated heterocycles. The number of fused-ring (bicyclic) bond motifs is 1. The molecule has 2 aromatic heterocycles. The van der Waals surface area contributed by atoms with Crippen molar-refractivity contribution in [3.05, 3.63) is 65.1 Å². The van der Waals surface area contributed by atoms with E-state index in [0.717, 1.165) is 39.7 Å². The molecule has 0 saturated carbocycles. The van der Waals surface area contributed by atoms with Crippen LogP contribution in [0.2, 0.25) is 0 Å². The van der Waals surface area contributed by atoms with E-state index in [-0.39, 0.29) is 5.92 Å². The van der Waals surface area contributed by atoms with Gasteiger partial charge >= 0.3 is 0 Å². The van der Waals surface area contributed by atoms with Gasteiger partial charge < -0.3 is 9.40 Å². The summed E-state index contributed by atoms with van der Waals surface area (Å²) in [6.45, 7) is 4.82. The lowest BCUT2D eigenvalue weighted by molar-refractivity contribution is 0.112. The molecule has 1 aromatic carbocycles. The summed E-state index contributed by atoms with van der Waals surface area (Å²) in [4.78, 5) is 21.0. The lowest BCUT2D eigenvalue weighted by Gasteiger charge is -2.14. The molecule has 0 aliphatic rings. The lowest BCUT2D eigenvalue weighted by Crippen LogP contribution is -2.08. The molecular formula is C20H21N3O2. The van der Waals surface area contributed by atoms with Crippen LogP contribution in [0.4, 0.5) is 0 Å². The first-order chi connectivity index (χ1) is 12.2. The molecule has 128 valence electrons. The number of rotatable bonds is 6. The number of aldehydes is 1. The van der Waals surface area contributed by atoms with Gasteiger partial charge in [-0.05, 0) is 29.7 Å². The summed E-state index contributed by atoms with van der Waals surface area (Å²) in [7, 11) is 1.51. The summed E-state index contributed by atoms with van der Waals surface area (Å²) in [6.07, 6.45) is 4.40. The molecule has 0 radical (unpaired) electrons. The van der Waals surface area contributed by atoms with Crippen molar-refractivity contribution in [1.29, 1.82) is 0 Å². The van der Waals surface area contributed by atoms with Crippen LogP contribution in [0, 0.1) is 0 Å². The van der Waals surface area contributed by atoms with Crippen LogP contribution >= 0.6 is 0 Å². The smallest absolute Gasteiger partial charge is 0.152 e. The van der Waals surface area contributed by atoms with Gasteiger partial charge in [0.25, 0.3) is 0 Å². The summed E-state index contributed by atoms with van der Waals surface area (Å²) in [5, 5.41) is 4.78. The Balaban J connectivity index is 2.23. The van der Waals surface area contributed by atoms with Gasteiger partial charge in [-0.2, -0.15) is 0 Å². The molecule has 3 rings (SSSR count). The van der Waals surface area contributed by atoms with Gasteiger partial charge in [-0.15, -0.1) is 0 Å². The Kier molecular flexibility index (Phi) is 4.93. The molecule has 0 amide bonds. The molecule has 2 heterocycles. The Morgan fingerprint density at radius 3 is 2.76 bits per heavy atom. The normalized spacial score (nSPS) is 11.5. The minimum atomic E-state index is 0.215. The zero-order valence-electron chi connectivity index (χ0n) is 14.6. The molecule has 0 atom stereocenters. The van der Waals surface area contributed by atoms with E-state index in [1.165, 1.54) is 7.11 Å². The van der Waals surface area contributed by atoms with Gasteiger partial charge in [-0.25, -0.2) is 0 Å². The van der Waals surface area contributed by atoms with Crippen molar-refractivity contribution in [3.63, 3.8) is 0 Å². The Morgan fingerprint density at radius 1 is 1.28 bits per heavy atom. The fourth-order valence-electron chi connectivity index (χ4n) is 3.18. The second kappa shape index (κ2) is 7.30. The highest BCUT2D eigenvalue weighted by Crippen LogP contribution is 2.31. The Hall–Kier alpha value is -2.95. The third-order valence-electron chi connectivity index (χ3n) is 4.19. The first-order valence-corrected chi connectivity index (χ1v) is 8.23. The van der Waals surface area contributed by atoms with E-state index in [2.05, 4.69) is 28.6 Å². The average Bonchev–Trinajstić information content (AvgIpc) is 2.94. The first kappa shape index (κ1) is 16.9. The molecule has 0 N–H and O–H groups in total. The van der Waals surface area contributed by atoms with Gasteiger partial charge in [0.1, 0.15) is 7.11 Å². The third kappa shape index (κ3) is 3.31. The second-order valence-electron chi connectivity index (χ2n) is 6.17. The van der Waals surface area contributed by atoms with Crippen molar-refractivity contribution in [3.8, 4) is 0 Å². The molecule has 0 fully saturated rings. The van der Waals surface area contributed by atoms with Gasteiger partial charge in [0, 0.05) is 28.4 Å². The topological polar surface area (TPSA) is 56.5 Å². The highest BCUT2D eigenvalue weighted by molar-refractivity contribution is 6.01. The maximum absolute atomic E-state index is 11.8. The molecule has 0 bridgehead atoms. The Bertz CT molecular complexity index is 912. The van der Waals surface area contributed by atoms with E-state index in [9.17, 15) is 4.79 Å². The predicted molar refractivity (Wildman–Crippen MR) is 99.4 cm³/mol. The molecule has 0 aliphatic carbocycles. The number of aromatic nitrogens is 2. The molecule has 3 aromatic rings. The molecule has 0 unspecified atom stereocenters. The Labute approximate surface area is 146 Å². The van der Waals surface area contributed by atoms with E-state index in [1.54, 1.807) is 12.4 Å². The molecule has 25 heavy (non-hydrogen) atoms. The van der Waals surface area contributed by atoms with Crippen molar-refractivity contribution in [2.75, 3.05) is 7.11 Å². The summed E-state index contributed by atoms with van der Waals surface area (Å²) in [5.74, 6) is 0.215. The van der Waals surface area contributed by atoms with Crippen LogP contribution in [0.15, 0.2) is 47.8 Å². The first-order valence-electron chi connectivity index (χ1n) is 8.23. The summed E-state index contributed by atoms with van der Waals surface area (Å²) in [6, 6.07) is 11.8. The van der Waals surface area contributed by atoms with Crippen LogP contribution in [0.25, 0.3) is 10.9 Å². The van der Waals surface area contributed by atoms with E-state index in [0.29, 0.717) is 6.54 Å². The summed E-state index contributed by atoms with van der Waals surface area (Å²) < 4.78 is 2.18. The SMILES string of the molecule is CO/N=C/c1ccc2c(C=O)c(C(C)C)n(Cc3ccccn3)c2c1. The number of carbonyl (C=O) groups excluding carboxylic acids is 1. The fraction of sp³-hybridized carbons (Fsp3) is 0.250. The van der Waals surface area contributed by atoms with Crippen LogP contribution in [-0.2, 0) is 11.4 Å². The Morgan fingerprint density at radius 2 is 2.12 bits per heavy atom. The number of hydrogen-bond acceptors (Lipinski definition) is 4. The predicted octanol–water partition coefficient (Wildman–Crippen LogP) is 4.00. The van der Waals surface area contributed by atoms with Crippen LogP contribution < -0.4 is 0 Å². The highest BCUT2D eigenvalue weighted by Gasteiger charge is 2.19. The minimum absolute atomic E-state index is 0.215. The summed E-state index contributed by atoms with van der Waals surface area (Å²) in [5.41, 5.74) is 4.64. The number of carbonyl (C=O) groups is 1. The fourth-order valence-corrected chi connectivity index (χ4v) is 3.18. The van der Waals surface area contributed by atoms with Gasteiger partial charge in [0.2, 0.25) is 0 Å². The second-order valence-corrected chi connectivity index (χ2v) is 6.17. The monoisotopic (exact) mass is 335 g/mol.